The maximum absolute atomic E-state index is 12.9. The Balaban J connectivity index is 1.42. The van der Waals surface area contributed by atoms with E-state index < -0.39 is 6.10 Å². The molecular weight excluding hydrogens is 407 g/mol. The van der Waals surface area contributed by atoms with E-state index in [4.69, 9.17) is 23.2 Å². The Morgan fingerprint density at radius 1 is 0.897 bits per heavy atom. The van der Waals surface area contributed by atoms with Gasteiger partial charge >= 0.3 is 0 Å². The van der Waals surface area contributed by atoms with Crippen LogP contribution in [0.4, 0.5) is 0 Å². The summed E-state index contributed by atoms with van der Waals surface area (Å²) >= 11 is 12.2. The van der Waals surface area contributed by atoms with Crippen LogP contribution in [0.15, 0.2) is 60.7 Å². The minimum absolute atomic E-state index is 0.261. The lowest BCUT2D eigenvalue weighted by molar-refractivity contribution is -0.142. The third-order valence-electron chi connectivity index (χ3n) is 5.44. The van der Waals surface area contributed by atoms with Crippen LogP contribution in [0, 0.1) is 0 Å². The highest BCUT2D eigenvalue weighted by molar-refractivity contribution is 6.35. The predicted molar refractivity (Wildman–Crippen MR) is 117 cm³/mol. The number of carbonyl (C=O) groups excluding carboxylic acids is 1. The molecule has 1 unspecified atom stereocenters. The van der Waals surface area contributed by atoms with E-state index in [0.717, 1.165) is 35.4 Å². The summed E-state index contributed by atoms with van der Waals surface area (Å²) in [6, 6.07) is 18.9. The van der Waals surface area contributed by atoms with Gasteiger partial charge in [-0.2, -0.15) is 0 Å². The second-order valence-corrected chi connectivity index (χ2v) is 8.16. The Hall–Kier alpha value is -2.11. The summed E-state index contributed by atoms with van der Waals surface area (Å²) < 4.78 is 0. The molecule has 4 nitrogen and oxygen atoms in total. The second-order valence-electron chi connectivity index (χ2n) is 7.31. The maximum atomic E-state index is 12.9. The molecule has 1 N–H and O–H groups in total. The van der Waals surface area contributed by atoms with Crippen molar-refractivity contribution in [3.05, 3.63) is 81.8 Å². The summed E-state index contributed by atoms with van der Waals surface area (Å²) in [6.07, 6.45) is -1.19. The van der Waals surface area contributed by atoms with Crippen molar-refractivity contribution in [2.45, 2.75) is 12.6 Å². The molecule has 150 valence electrons. The molecule has 0 aliphatic carbocycles. The van der Waals surface area contributed by atoms with E-state index >= 15 is 0 Å². The largest absolute Gasteiger partial charge is 0.378 e. The molecule has 1 atom stereocenters. The number of hydrogen-bond acceptors (Lipinski definition) is 3. The lowest BCUT2D eigenvalue weighted by atomic mass is 9.99. The van der Waals surface area contributed by atoms with Crippen LogP contribution in [0.1, 0.15) is 17.2 Å². The fourth-order valence-corrected chi connectivity index (χ4v) is 4.16. The monoisotopic (exact) mass is 428 g/mol. The van der Waals surface area contributed by atoms with Crippen LogP contribution in [0.5, 0.6) is 0 Å². The van der Waals surface area contributed by atoms with Gasteiger partial charge in [-0.05, 0) is 34.7 Å². The molecule has 4 rings (SSSR count). The van der Waals surface area contributed by atoms with Crippen molar-refractivity contribution < 1.29 is 9.90 Å². The summed E-state index contributed by atoms with van der Waals surface area (Å²) in [6.45, 7) is 3.54. The summed E-state index contributed by atoms with van der Waals surface area (Å²) in [5, 5.41) is 13.8. The molecule has 1 heterocycles. The minimum Gasteiger partial charge on any atom is -0.378 e. The molecule has 0 radical (unpaired) electrons. The summed E-state index contributed by atoms with van der Waals surface area (Å²) in [5.41, 5.74) is 1.79. The predicted octanol–water partition coefficient (Wildman–Crippen LogP) is 4.52. The van der Waals surface area contributed by atoms with Crippen molar-refractivity contribution in [2.24, 2.45) is 0 Å². The van der Waals surface area contributed by atoms with Gasteiger partial charge in [0.25, 0.3) is 5.91 Å². The van der Waals surface area contributed by atoms with Crippen LogP contribution in [0.3, 0.4) is 0 Å². The van der Waals surface area contributed by atoms with Gasteiger partial charge in [-0.25, -0.2) is 0 Å². The number of rotatable bonds is 4. The van der Waals surface area contributed by atoms with Gasteiger partial charge in [0.15, 0.2) is 6.10 Å². The zero-order valence-electron chi connectivity index (χ0n) is 15.9. The molecule has 0 spiro atoms. The smallest absolute Gasteiger partial charge is 0.256 e. The van der Waals surface area contributed by atoms with Gasteiger partial charge < -0.3 is 10.0 Å². The fraction of sp³-hybridized carbons (Fsp3) is 0.261. The Bertz CT molecular complexity index is 1020. The number of fused-ring (bicyclic) bond motifs is 1. The number of hydrogen-bond donors (Lipinski definition) is 1. The first-order chi connectivity index (χ1) is 14.0. The van der Waals surface area contributed by atoms with E-state index in [1.54, 1.807) is 17.0 Å². The van der Waals surface area contributed by atoms with Crippen LogP contribution in [0.25, 0.3) is 10.8 Å². The first-order valence-corrected chi connectivity index (χ1v) is 10.4. The topological polar surface area (TPSA) is 43.8 Å². The molecule has 3 aromatic rings. The van der Waals surface area contributed by atoms with E-state index in [2.05, 4.69) is 4.90 Å². The average molecular weight is 429 g/mol. The normalized spacial score (nSPS) is 16.2. The van der Waals surface area contributed by atoms with Crippen LogP contribution < -0.4 is 0 Å². The van der Waals surface area contributed by atoms with Gasteiger partial charge in [-0.3, -0.25) is 9.69 Å². The van der Waals surface area contributed by atoms with Crippen molar-refractivity contribution >= 4 is 39.9 Å². The van der Waals surface area contributed by atoms with Crippen molar-refractivity contribution in [2.75, 3.05) is 26.2 Å². The van der Waals surface area contributed by atoms with E-state index in [1.807, 2.05) is 48.5 Å². The molecule has 1 fully saturated rings. The molecule has 6 heteroatoms. The van der Waals surface area contributed by atoms with Gasteiger partial charge in [0.05, 0.1) is 0 Å². The number of nitrogens with zero attached hydrogens (tertiary/aromatic N) is 2. The molecule has 1 amide bonds. The lowest BCUT2D eigenvalue weighted by Gasteiger charge is -2.35. The van der Waals surface area contributed by atoms with E-state index in [0.29, 0.717) is 23.7 Å². The number of carbonyl (C=O) groups is 1. The quantitative estimate of drug-likeness (QED) is 0.663. The Labute approximate surface area is 180 Å². The van der Waals surface area contributed by atoms with Gasteiger partial charge in [0.2, 0.25) is 0 Å². The van der Waals surface area contributed by atoms with Gasteiger partial charge in [0, 0.05) is 48.2 Å². The van der Waals surface area contributed by atoms with E-state index in [1.165, 1.54) is 5.56 Å². The number of halogens is 2. The average Bonchev–Trinajstić information content (AvgIpc) is 2.75. The molecular formula is C23H22Cl2N2O2. The Morgan fingerprint density at radius 3 is 2.24 bits per heavy atom. The zero-order chi connectivity index (χ0) is 20.4. The van der Waals surface area contributed by atoms with Gasteiger partial charge in [-0.15, -0.1) is 0 Å². The number of piperazine rings is 1. The Kier molecular flexibility index (Phi) is 6.07. The van der Waals surface area contributed by atoms with E-state index in [9.17, 15) is 9.90 Å². The summed E-state index contributed by atoms with van der Waals surface area (Å²) in [7, 11) is 0. The van der Waals surface area contributed by atoms with Gasteiger partial charge in [0.1, 0.15) is 0 Å². The molecule has 0 saturated carbocycles. The number of aliphatic hydroxyl groups excluding tert-OH is 1. The first-order valence-electron chi connectivity index (χ1n) is 9.64. The molecule has 0 aromatic heterocycles. The highest BCUT2D eigenvalue weighted by Crippen LogP contribution is 2.31. The van der Waals surface area contributed by atoms with Crippen LogP contribution in [-0.4, -0.2) is 47.0 Å². The highest BCUT2D eigenvalue weighted by Gasteiger charge is 2.28. The van der Waals surface area contributed by atoms with Crippen molar-refractivity contribution in [3.8, 4) is 0 Å². The van der Waals surface area contributed by atoms with Crippen LogP contribution in [0.2, 0.25) is 10.0 Å². The molecule has 29 heavy (non-hydrogen) atoms. The number of amides is 1. The third kappa shape index (κ3) is 4.41. The molecule has 1 aliphatic rings. The molecule has 3 aromatic carbocycles. The SMILES string of the molecule is O=C(C(O)c1ccc(Cl)c2ccccc12)N1CCN(Cc2ccc(Cl)cc2)CC1. The van der Waals surface area contributed by atoms with Crippen molar-refractivity contribution in [3.63, 3.8) is 0 Å². The number of aliphatic hydroxyl groups is 1. The molecule has 1 saturated heterocycles. The maximum Gasteiger partial charge on any atom is 0.256 e. The van der Waals surface area contributed by atoms with E-state index in [-0.39, 0.29) is 5.91 Å². The van der Waals surface area contributed by atoms with Crippen LogP contribution in [-0.2, 0) is 11.3 Å². The fourth-order valence-electron chi connectivity index (χ4n) is 3.80. The summed E-state index contributed by atoms with van der Waals surface area (Å²) in [4.78, 5) is 17.0. The third-order valence-corrected chi connectivity index (χ3v) is 6.02. The molecule has 1 aliphatic heterocycles. The number of benzene rings is 3. The van der Waals surface area contributed by atoms with Crippen molar-refractivity contribution in [1.82, 2.24) is 9.80 Å². The van der Waals surface area contributed by atoms with Crippen molar-refractivity contribution in [1.29, 1.82) is 0 Å². The highest BCUT2D eigenvalue weighted by atomic mass is 35.5. The minimum atomic E-state index is -1.19. The standard InChI is InChI=1S/C23H22Cl2N2O2/c24-17-7-5-16(6-8-17)15-26-11-13-27(14-12-26)23(29)22(28)20-9-10-21(25)19-4-2-1-3-18(19)20/h1-10,22,28H,11-15H2. The van der Waals surface area contributed by atoms with Crippen LogP contribution >= 0.6 is 23.2 Å². The second kappa shape index (κ2) is 8.72. The zero-order valence-corrected chi connectivity index (χ0v) is 17.4. The summed E-state index contributed by atoms with van der Waals surface area (Å²) in [5.74, 6) is -0.261. The Morgan fingerprint density at radius 2 is 1.55 bits per heavy atom. The van der Waals surface area contributed by atoms with Gasteiger partial charge in [-0.1, -0.05) is 65.7 Å². The lowest BCUT2D eigenvalue weighted by Crippen LogP contribution is -2.49. The first kappa shape index (κ1) is 20.2. The molecule has 0 bridgehead atoms.